The standard InChI is InChI=1S/C10H14IN3S/c1-7-5-14(6-8(2)15-7)10-12-3-9(11)4-13-10/h3-4,7-8H,5-6H2,1-2H3. The average Bonchev–Trinajstić information content (AvgIpc) is 2.17. The summed E-state index contributed by atoms with van der Waals surface area (Å²) in [6, 6.07) is 0. The Labute approximate surface area is 108 Å². The van der Waals surface area contributed by atoms with Crippen LogP contribution >= 0.6 is 34.4 Å². The van der Waals surface area contributed by atoms with E-state index in [-0.39, 0.29) is 0 Å². The van der Waals surface area contributed by atoms with Gasteiger partial charge in [-0.1, -0.05) is 13.8 Å². The molecule has 0 aromatic carbocycles. The maximum Gasteiger partial charge on any atom is 0.225 e. The normalized spacial score (nSPS) is 26.7. The highest BCUT2D eigenvalue weighted by Crippen LogP contribution is 2.26. The Morgan fingerprint density at radius 2 is 1.80 bits per heavy atom. The Morgan fingerprint density at radius 3 is 2.33 bits per heavy atom. The van der Waals surface area contributed by atoms with Crippen LogP contribution in [0.15, 0.2) is 12.4 Å². The number of nitrogens with zero attached hydrogens (tertiary/aromatic N) is 3. The van der Waals surface area contributed by atoms with Crippen LogP contribution in [0.1, 0.15) is 13.8 Å². The van der Waals surface area contributed by atoms with Crippen LogP contribution in [0.2, 0.25) is 0 Å². The monoisotopic (exact) mass is 335 g/mol. The summed E-state index contributed by atoms with van der Waals surface area (Å²) in [4.78, 5) is 11.0. The van der Waals surface area contributed by atoms with Crippen molar-refractivity contribution in [1.29, 1.82) is 0 Å². The zero-order valence-electron chi connectivity index (χ0n) is 8.85. The zero-order chi connectivity index (χ0) is 10.8. The number of halogens is 1. The molecule has 0 amide bonds. The third-order valence-corrected chi connectivity index (χ3v) is 4.09. The van der Waals surface area contributed by atoms with Crippen molar-refractivity contribution in [2.75, 3.05) is 18.0 Å². The molecule has 2 unspecified atom stereocenters. The highest BCUT2D eigenvalue weighted by molar-refractivity contribution is 14.1. The molecule has 2 atom stereocenters. The van der Waals surface area contributed by atoms with Crippen LogP contribution in [-0.2, 0) is 0 Å². The van der Waals surface area contributed by atoms with E-state index < -0.39 is 0 Å². The first-order valence-corrected chi connectivity index (χ1v) is 7.05. The molecule has 0 bridgehead atoms. The van der Waals surface area contributed by atoms with Crippen molar-refractivity contribution in [3.63, 3.8) is 0 Å². The van der Waals surface area contributed by atoms with Gasteiger partial charge in [0, 0.05) is 39.6 Å². The fraction of sp³-hybridized carbons (Fsp3) is 0.600. The second kappa shape index (κ2) is 4.86. The number of thioether (sulfide) groups is 1. The second-order valence-electron chi connectivity index (χ2n) is 3.86. The molecule has 1 fully saturated rings. The predicted molar refractivity (Wildman–Crippen MR) is 73.5 cm³/mol. The van der Waals surface area contributed by atoms with E-state index in [0.717, 1.165) is 22.6 Å². The molecule has 5 heteroatoms. The van der Waals surface area contributed by atoms with E-state index in [1.165, 1.54) is 0 Å². The zero-order valence-corrected chi connectivity index (χ0v) is 11.8. The van der Waals surface area contributed by atoms with Crippen molar-refractivity contribution in [3.8, 4) is 0 Å². The Hall–Kier alpha value is -0.0400. The smallest absolute Gasteiger partial charge is 0.225 e. The lowest BCUT2D eigenvalue weighted by atomic mass is 10.3. The van der Waals surface area contributed by atoms with Crippen LogP contribution in [0.3, 0.4) is 0 Å². The molecule has 1 saturated heterocycles. The number of hydrogen-bond acceptors (Lipinski definition) is 4. The van der Waals surface area contributed by atoms with Crippen LogP contribution in [0.5, 0.6) is 0 Å². The number of rotatable bonds is 1. The van der Waals surface area contributed by atoms with Crippen molar-refractivity contribution in [3.05, 3.63) is 16.0 Å². The molecule has 2 rings (SSSR count). The maximum atomic E-state index is 4.37. The largest absolute Gasteiger partial charge is 0.339 e. The first kappa shape index (κ1) is 11.4. The number of aromatic nitrogens is 2. The van der Waals surface area contributed by atoms with Crippen molar-refractivity contribution in [2.24, 2.45) is 0 Å². The van der Waals surface area contributed by atoms with Crippen LogP contribution in [-0.4, -0.2) is 33.6 Å². The summed E-state index contributed by atoms with van der Waals surface area (Å²) in [6.07, 6.45) is 3.75. The molecule has 82 valence electrons. The minimum absolute atomic E-state index is 0.664. The fourth-order valence-corrected chi connectivity index (χ4v) is 3.41. The van der Waals surface area contributed by atoms with Crippen LogP contribution in [0.4, 0.5) is 5.95 Å². The molecule has 3 nitrogen and oxygen atoms in total. The van der Waals surface area contributed by atoms with Crippen LogP contribution in [0.25, 0.3) is 0 Å². The Bertz CT molecular complexity index is 320. The van der Waals surface area contributed by atoms with Gasteiger partial charge in [0.2, 0.25) is 5.95 Å². The molecule has 15 heavy (non-hydrogen) atoms. The van der Waals surface area contributed by atoms with Crippen LogP contribution in [0, 0.1) is 3.57 Å². The van der Waals surface area contributed by atoms with Crippen LogP contribution < -0.4 is 4.90 Å². The van der Waals surface area contributed by atoms with Gasteiger partial charge in [-0.25, -0.2) is 9.97 Å². The average molecular weight is 335 g/mol. The van der Waals surface area contributed by atoms with Gasteiger partial charge in [-0.15, -0.1) is 0 Å². The molecule has 0 aliphatic carbocycles. The molecule has 0 spiro atoms. The van der Waals surface area contributed by atoms with Crippen molar-refractivity contribution >= 4 is 40.3 Å². The van der Waals surface area contributed by atoms with Gasteiger partial charge in [-0.05, 0) is 22.6 Å². The van der Waals surface area contributed by atoms with Gasteiger partial charge in [0.25, 0.3) is 0 Å². The van der Waals surface area contributed by atoms with E-state index >= 15 is 0 Å². The van der Waals surface area contributed by atoms with Gasteiger partial charge in [0.05, 0.1) is 0 Å². The van der Waals surface area contributed by atoms with Gasteiger partial charge in [-0.3, -0.25) is 0 Å². The Balaban J connectivity index is 2.12. The summed E-state index contributed by atoms with van der Waals surface area (Å²) in [6.45, 7) is 6.63. The van der Waals surface area contributed by atoms with E-state index in [2.05, 4.69) is 51.3 Å². The third-order valence-electron chi connectivity index (χ3n) is 2.31. The summed E-state index contributed by atoms with van der Waals surface area (Å²) >= 11 is 4.27. The predicted octanol–water partition coefficient (Wildman–Crippen LogP) is 2.41. The van der Waals surface area contributed by atoms with Crippen molar-refractivity contribution in [2.45, 2.75) is 24.3 Å². The Morgan fingerprint density at radius 1 is 1.27 bits per heavy atom. The van der Waals surface area contributed by atoms with Gasteiger partial charge in [0.15, 0.2) is 0 Å². The summed E-state index contributed by atoms with van der Waals surface area (Å²) in [5.41, 5.74) is 0. The molecule has 2 heterocycles. The van der Waals surface area contributed by atoms with Gasteiger partial charge >= 0.3 is 0 Å². The lowest BCUT2D eigenvalue weighted by molar-refractivity contribution is 0.706. The van der Waals surface area contributed by atoms with Gasteiger partial charge < -0.3 is 4.90 Å². The first-order valence-electron chi connectivity index (χ1n) is 5.03. The maximum absolute atomic E-state index is 4.37. The molecule has 0 radical (unpaired) electrons. The van der Waals surface area contributed by atoms with E-state index in [9.17, 15) is 0 Å². The summed E-state index contributed by atoms with van der Waals surface area (Å²) < 4.78 is 1.09. The molecule has 1 aromatic heterocycles. The molecule has 1 aliphatic heterocycles. The minimum Gasteiger partial charge on any atom is -0.339 e. The molecule has 1 aliphatic rings. The van der Waals surface area contributed by atoms with E-state index in [1.807, 2.05) is 24.2 Å². The topological polar surface area (TPSA) is 29.0 Å². The molecule has 0 N–H and O–H groups in total. The Kier molecular flexibility index (Phi) is 3.71. The lowest BCUT2D eigenvalue weighted by Gasteiger charge is -2.34. The highest BCUT2D eigenvalue weighted by atomic mass is 127. The number of hydrogen-bond donors (Lipinski definition) is 0. The lowest BCUT2D eigenvalue weighted by Crippen LogP contribution is -2.41. The molecule has 0 saturated carbocycles. The summed E-state index contributed by atoms with van der Waals surface area (Å²) in [5.74, 6) is 0.870. The number of anilines is 1. The molecule has 1 aromatic rings. The fourth-order valence-electron chi connectivity index (χ4n) is 1.81. The first-order chi connectivity index (χ1) is 7.15. The van der Waals surface area contributed by atoms with Gasteiger partial charge in [0.1, 0.15) is 0 Å². The quantitative estimate of drug-likeness (QED) is 0.737. The second-order valence-corrected chi connectivity index (χ2v) is 6.99. The highest BCUT2D eigenvalue weighted by Gasteiger charge is 2.23. The summed E-state index contributed by atoms with van der Waals surface area (Å²) in [7, 11) is 0. The summed E-state index contributed by atoms with van der Waals surface area (Å²) in [5, 5.41) is 1.33. The molecular formula is C10H14IN3S. The molecular weight excluding hydrogens is 321 g/mol. The minimum atomic E-state index is 0.664. The van der Waals surface area contributed by atoms with E-state index in [1.54, 1.807) is 0 Å². The van der Waals surface area contributed by atoms with Crippen molar-refractivity contribution < 1.29 is 0 Å². The van der Waals surface area contributed by atoms with Crippen molar-refractivity contribution in [1.82, 2.24) is 9.97 Å². The van der Waals surface area contributed by atoms with Gasteiger partial charge in [-0.2, -0.15) is 11.8 Å². The van der Waals surface area contributed by atoms with E-state index in [0.29, 0.717) is 10.5 Å². The SMILES string of the molecule is CC1CN(c2ncc(I)cn2)CC(C)S1. The van der Waals surface area contributed by atoms with E-state index in [4.69, 9.17) is 0 Å². The third kappa shape index (κ3) is 2.96.